The first-order valence-corrected chi connectivity index (χ1v) is 8.24. The zero-order chi connectivity index (χ0) is 15.2. The van der Waals surface area contributed by atoms with Crippen LogP contribution in [-0.4, -0.2) is 19.0 Å². The largest absolute Gasteiger partial charge is 0.349 e. The summed E-state index contributed by atoms with van der Waals surface area (Å²) in [6.45, 7) is 7.73. The molecule has 3 heteroatoms. The van der Waals surface area contributed by atoms with E-state index in [0.717, 1.165) is 13.1 Å². The number of amides is 1. The molecule has 2 N–H and O–H groups in total. The fourth-order valence-corrected chi connectivity index (χ4v) is 2.92. The van der Waals surface area contributed by atoms with Crippen molar-refractivity contribution >= 4 is 5.91 Å². The predicted molar refractivity (Wildman–Crippen MR) is 87.3 cm³/mol. The van der Waals surface area contributed by atoms with Gasteiger partial charge in [-0.25, -0.2) is 0 Å². The van der Waals surface area contributed by atoms with Gasteiger partial charge in [-0.05, 0) is 55.8 Å². The van der Waals surface area contributed by atoms with Crippen molar-refractivity contribution < 1.29 is 4.79 Å². The second-order valence-corrected chi connectivity index (χ2v) is 6.17. The van der Waals surface area contributed by atoms with Crippen LogP contribution in [0.2, 0.25) is 0 Å². The van der Waals surface area contributed by atoms with Crippen molar-refractivity contribution in [3.05, 3.63) is 34.9 Å². The van der Waals surface area contributed by atoms with E-state index in [2.05, 4.69) is 42.7 Å². The minimum atomic E-state index is 0.00465. The van der Waals surface area contributed by atoms with E-state index >= 15 is 0 Å². The molecular formula is C18H28N2O. The predicted octanol–water partition coefficient (Wildman–Crippen LogP) is 2.99. The Balaban J connectivity index is 1.96. The Morgan fingerprint density at radius 3 is 2.62 bits per heavy atom. The molecule has 1 aliphatic carbocycles. The van der Waals surface area contributed by atoms with Gasteiger partial charge in [0.1, 0.15) is 0 Å². The first-order chi connectivity index (χ1) is 10.1. The number of carbonyl (C=O) groups excluding carboxylic acids is 1. The van der Waals surface area contributed by atoms with E-state index in [0.29, 0.717) is 0 Å². The van der Waals surface area contributed by atoms with Crippen LogP contribution in [0.4, 0.5) is 0 Å². The summed E-state index contributed by atoms with van der Waals surface area (Å²) in [5.74, 6) is 0.131. The fraction of sp³-hybridized carbons (Fsp3) is 0.611. The third-order valence-corrected chi connectivity index (χ3v) is 4.38. The molecule has 116 valence electrons. The minimum Gasteiger partial charge on any atom is -0.349 e. The SMILES string of the molecule is CCNCC(C)C(=O)NC(C)c1ccc2c(c1)CCCC2. The van der Waals surface area contributed by atoms with Crippen molar-refractivity contribution in [2.24, 2.45) is 5.92 Å². The van der Waals surface area contributed by atoms with Crippen LogP contribution in [0.5, 0.6) is 0 Å². The molecule has 2 rings (SSSR count). The summed E-state index contributed by atoms with van der Waals surface area (Å²) in [5, 5.41) is 6.35. The van der Waals surface area contributed by atoms with Crippen LogP contribution in [0.3, 0.4) is 0 Å². The third kappa shape index (κ3) is 4.31. The van der Waals surface area contributed by atoms with Gasteiger partial charge < -0.3 is 10.6 Å². The minimum absolute atomic E-state index is 0.00465. The number of nitrogens with one attached hydrogen (secondary N) is 2. The summed E-state index contributed by atoms with van der Waals surface area (Å²) < 4.78 is 0. The molecule has 1 aliphatic rings. The van der Waals surface area contributed by atoms with Gasteiger partial charge in [0, 0.05) is 12.5 Å². The lowest BCUT2D eigenvalue weighted by Gasteiger charge is -2.21. The second kappa shape index (κ2) is 7.60. The zero-order valence-corrected chi connectivity index (χ0v) is 13.5. The zero-order valence-electron chi connectivity index (χ0n) is 13.5. The van der Waals surface area contributed by atoms with Gasteiger partial charge in [0.15, 0.2) is 0 Å². The molecule has 1 amide bonds. The maximum absolute atomic E-state index is 12.2. The number of carbonyl (C=O) groups is 1. The van der Waals surface area contributed by atoms with E-state index < -0.39 is 0 Å². The maximum atomic E-state index is 12.2. The van der Waals surface area contributed by atoms with Gasteiger partial charge in [-0.15, -0.1) is 0 Å². The smallest absolute Gasteiger partial charge is 0.224 e. The van der Waals surface area contributed by atoms with E-state index in [1.807, 2.05) is 6.92 Å². The lowest BCUT2D eigenvalue weighted by Crippen LogP contribution is -2.36. The van der Waals surface area contributed by atoms with E-state index in [1.165, 1.54) is 42.4 Å². The van der Waals surface area contributed by atoms with Crippen molar-refractivity contribution in [1.29, 1.82) is 0 Å². The number of benzene rings is 1. The molecule has 1 aromatic rings. The molecule has 0 spiro atoms. The van der Waals surface area contributed by atoms with Crippen molar-refractivity contribution in [3.63, 3.8) is 0 Å². The lowest BCUT2D eigenvalue weighted by atomic mass is 9.89. The molecule has 1 aromatic carbocycles. The topological polar surface area (TPSA) is 41.1 Å². The van der Waals surface area contributed by atoms with Crippen molar-refractivity contribution in [2.45, 2.75) is 52.5 Å². The molecule has 0 heterocycles. The third-order valence-electron chi connectivity index (χ3n) is 4.38. The second-order valence-electron chi connectivity index (χ2n) is 6.17. The maximum Gasteiger partial charge on any atom is 0.224 e. The number of hydrogen-bond acceptors (Lipinski definition) is 2. The molecule has 0 saturated carbocycles. The van der Waals surface area contributed by atoms with Gasteiger partial charge >= 0.3 is 0 Å². The van der Waals surface area contributed by atoms with Crippen LogP contribution in [0.15, 0.2) is 18.2 Å². The quantitative estimate of drug-likeness (QED) is 0.845. The van der Waals surface area contributed by atoms with Gasteiger partial charge in [-0.3, -0.25) is 4.79 Å². The van der Waals surface area contributed by atoms with Gasteiger partial charge in [-0.1, -0.05) is 32.0 Å². The van der Waals surface area contributed by atoms with Crippen LogP contribution < -0.4 is 10.6 Å². The standard InChI is InChI=1S/C18H28N2O/c1-4-19-12-13(2)18(21)20-14(3)16-10-9-15-7-5-6-8-17(15)11-16/h9-11,13-14,19H,4-8,12H2,1-3H3,(H,20,21). The Bertz CT molecular complexity index is 484. The average Bonchev–Trinajstić information content (AvgIpc) is 2.51. The summed E-state index contributed by atoms with van der Waals surface area (Å²) in [6.07, 6.45) is 4.98. The highest BCUT2D eigenvalue weighted by atomic mass is 16.1. The van der Waals surface area contributed by atoms with Crippen molar-refractivity contribution in [1.82, 2.24) is 10.6 Å². The van der Waals surface area contributed by atoms with Crippen LogP contribution in [-0.2, 0) is 17.6 Å². The fourth-order valence-electron chi connectivity index (χ4n) is 2.92. The molecule has 0 aliphatic heterocycles. The number of hydrogen-bond donors (Lipinski definition) is 2. The highest BCUT2D eigenvalue weighted by Crippen LogP contribution is 2.24. The van der Waals surface area contributed by atoms with Crippen LogP contribution in [0.25, 0.3) is 0 Å². The Morgan fingerprint density at radius 1 is 1.19 bits per heavy atom. The van der Waals surface area contributed by atoms with E-state index in [1.54, 1.807) is 0 Å². The summed E-state index contributed by atoms with van der Waals surface area (Å²) in [4.78, 5) is 12.2. The Hall–Kier alpha value is -1.35. The Kier molecular flexibility index (Phi) is 5.80. The van der Waals surface area contributed by atoms with Gasteiger partial charge in [0.05, 0.1) is 6.04 Å². The molecule has 0 radical (unpaired) electrons. The van der Waals surface area contributed by atoms with E-state index in [9.17, 15) is 4.79 Å². The molecule has 0 bridgehead atoms. The number of fused-ring (bicyclic) bond motifs is 1. The van der Waals surface area contributed by atoms with Gasteiger partial charge in [0.25, 0.3) is 0 Å². The van der Waals surface area contributed by atoms with E-state index in [4.69, 9.17) is 0 Å². The molecular weight excluding hydrogens is 260 g/mol. The Labute approximate surface area is 128 Å². The molecule has 0 fully saturated rings. The summed E-state index contributed by atoms with van der Waals surface area (Å²) >= 11 is 0. The molecule has 3 nitrogen and oxygen atoms in total. The summed E-state index contributed by atoms with van der Waals surface area (Å²) in [6, 6.07) is 6.78. The average molecular weight is 288 g/mol. The molecule has 0 aromatic heterocycles. The van der Waals surface area contributed by atoms with Crippen molar-refractivity contribution in [3.8, 4) is 0 Å². The van der Waals surface area contributed by atoms with E-state index in [-0.39, 0.29) is 17.9 Å². The highest BCUT2D eigenvalue weighted by Gasteiger charge is 2.17. The number of aryl methyl sites for hydroxylation is 2. The molecule has 2 unspecified atom stereocenters. The lowest BCUT2D eigenvalue weighted by molar-refractivity contribution is -0.125. The summed E-state index contributed by atoms with van der Waals surface area (Å²) in [5.41, 5.74) is 4.18. The number of rotatable bonds is 6. The van der Waals surface area contributed by atoms with Crippen LogP contribution in [0, 0.1) is 5.92 Å². The van der Waals surface area contributed by atoms with Crippen LogP contribution in [0.1, 0.15) is 56.3 Å². The first-order valence-electron chi connectivity index (χ1n) is 8.24. The van der Waals surface area contributed by atoms with Crippen molar-refractivity contribution in [2.75, 3.05) is 13.1 Å². The molecule has 2 atom stereocenters. The Morgan fingerprint density at radius 2 is 1.90 bits per heavy atom. The van der Waals surface area contributed by atoms with Crippen LogP contribution >= 0.6 is 0 Å². The normalized spacial score (nSPS) is 16.9. The highest BCUT2D eigenvalue weighted by molar-refractivity contribution is 5.79. The monoisotopic (exact) mass is 288 g/mol. The molecule has 0 saturated heterocycles. The summed E-state index contributed by atoms with van der Waals surface area (Å²) in [7, 11) is 0. The first kappa shape index (κ1) is 16.0. The molecule has 21 heavy (non-hydrogen) atoms. The van der Waals surface area contributed by atoms with Gasteiger partial charge in [0.2, 0.25) is 5.91 Å². The van der Waals surface area contributed by atoms with Gasteiger partial charge in [-0.2, -0.15) is 0 Å².